The number of hydrogen-bond donors (Lipinski definition) is 2. The van der Waals surface area contributed by atoms with Crippen molar-refractivity contribution in [1.29, 1.82) is 0 Å². The van der Waals surface area contributed by atoms with E-state index in [1.54, 1.807) is 7.11 Å². The number of hydrogen-bond acceptors (Lipinski definition) is 7. The predicted octanol–water partition coefficient (Wildman–Crippen LogP) is 8.74. The molecule has 0 bridgehead atoms. The molecule has 0 saturated heterocycles. The van der Waals surface area contributed by atoms with Crippen LogP contribution in [-0.2, 0) is 0 Å². The standard InChI is InChI=1S/C17H14ClN3.C17H15N3O/c1-12-10-16(13-6-3-2-4-7-13)20-21-17(12)19-15-9-5-8-14(18)11-15;1-21-16-10-6-5-9-15(16)18-17-12-11-14(19-20-17)13-7-3-2-4-8-13/h2-11H,1H3,(H,19,21);2-12H,1H3,(H,18,20). The van der Waals surface area contributed by atoms with Gasteiger partial charge in [-0.05, 0) is 61.0 Å². The topological polar surface area (TPSA) is 84.8 Å². The molecule has 0 aliphatic rings. The van der Waals surface area contributed by atoms with E-state index in [-0.39, 0.29) is 0 Å². The van der Waals surface area contributed by atoms with E-state index in [9.17, 15) is 0 Å². The van der Waals surface area contributed by atoms with Crippen LogP contribution in [0.5, 0.6) is 5.75 Å². The highest BCUT2D eigenvalue weighted by Gasteiger charge is 2.07. The molecule has 0 spiro atoms. The maximum atomic E-state index is 5.98. The van der Waals surface area contributed by atoms with E-state index >= 15 is 0 Å². The van der Waals surface area contributed by atoms with Crippen LogP contribution >= 0.6 is 11.6 Å². The Kier molecular flexibility index (Phi) is 9.34. The van der Waals surface area contributed by atoms with Crippen LogP contribution in [0.3, 0.4) is 0 Å². The zero-order valence-electron chi connectivity index (χ0n) is 23.2. The van der Waals surface area contributed by atoms with Crippen molar-refractivity contribution in [3.63, 3.8) is 0 Å². The van der Waals surface area contributed by atoms with Gasteiger partial charge in [0.05, 0.1) is 24.2 Å². The number of rotatable bonds is 7. The average molecular weight is 573 g/mol. The highest BCUT2D eigenvalue weighted by atomic mass is 35.5. The summed E-state index contributed by atoms with van der Waals surface area (Å²) in [6, 6.07) is 41.1. The van der Waals surface area contributed by atoms with Gasteiger partial charge >= 0.3 is 0 Å². The van der Waals surface area contributed by atoms with Crippen molar-refractivity contribution in [1.82, 2.24) is 20.4 Å². The van der Waals surface area contributed by atoms with Crippen LogP contribution in [0, 0.1) is 6.92 Å². The molecule has 6 aromatic rings. The largest absolute Gasteiger partial charge is 0.495 e. The molecule has 0 aliphatic carbocycles. The Bertz CT molecular complexity index is 1730. The third kappa shape index (κ3) is 7.47. The molecular formula is C34H29ClN6O. The molecule has 0 saturated carbocycles. The second-order valence-electron chi connectivity index (χ2n) is 9.26. The van der Waals surface area contributed by atoms with Gasteiger partial charge in [0.2, 0.25) is 0 Å². The first-order valence-corrected chi connectivity index (χ1v) is 13.7. The van der Waals surface area contributed by atoms with Gasteiger partial charge in [0, 0.05) is 21.8 Å². The van der Waals surface area contributed by atoms with Crippen LogP contribution in [-0.4, -0.2) is 27.5 Å². The molecule has 0 aliphatic heterocycles. The van der Waals surface area contributed by atoms with Crippen LogP contribution < -0.4 is 15.4 Å². The number of anilines is 4. The Morgan fingerprint density at radius 1 is 0.595 bits per heavy atom. The predicted molar refractivity (Wildman–Crippen MR) is 171 cm³/mol. The fraction of sp³-hybridized carbons (Fsp3) is 0.0588. The Morgan fingerprint density at radius 2 is 1.26 bits per heavy atom. The van der Waals surface area contributed by atoms with Gasteiger partial charge in [-0.15, -0.1) is 20.4 Å². The summed E-state index contributed by atoms with van der Waals surface area (Å²) in [6.45, 7) is 2.01. The van der Waals surface area contributed by atoms with E-state index in [0.717, 1.165) is 51.0 Å². The number of aromatic nitrogens is 4. The van der Waals surface area contributed by atoms with Gasteiger partial charge in [-0.1, -0.05) is 90.5 Å². The summed E-state index contributed by atoms with van der Waals surface area (Å²) < 4.78 is 5.30. The lowest BCUT2D eigenvalue weighted by Crippen LogP contribution is -1.99. The maximum Gasteiger partial charge on any atom is 0.156 e. The molecule has 0 amide bonds. The third-order valence-corrected chi connectivity index (χ3v) is 6.48. The minimum absolute atomic E-state index is 0.680. The quantitative estimate of drug-likeness (QED) is 0.198. The van der Waals surface area contributed by atoms with Crippen molar-refractivity contribution in [2.75, 3.05) is 17.7 Å². The van der Waals surface area contributed by atoms with Crippen molar-refractivity contribution in [2.45, 2.75) is 6.92 Å². The van der Waals surface area contributed by atoms with Crippen LogP contribution in [0.1, 0.15) is 5.56 Å². The van der Waals surface area contributed by atoms with E-state index in [4.69, 9.17) is 16.3 Å². The number of aryl methyl sites for hydroxylation is 1. The first-order chi connectivity index (χ1) is 20.6. The maximum absolute atomic E-state index is 5.98. The van der Waals surface area contributed by atoms with E-state index in [1.165, 1.54) is 0 Å². The zero-order valence-corrected chi connectivity index (χ0v) is 24.0. The fourth-order valence-electron chi connectivity index (χ4n) is 4.11. The van der Waals surface area contributed by atoms with E-state index in [1.807, 2.05) is 134 Å². The Balaban J connectivity index is 0.000000168. The molecule has 2 aromatic heterocycles. The lowest BCUT2D eigenvalue weighted by atomic mass is 10.1. The number of para-hydroxylation sites is 2. The average Bonchev–Trinajstić information content (AvgIpc) is 3.04. The highest BCUT2D eigenvalue weighted by molar-refractivity contribution is 6.30. The van der Waals surface area contributed by atoms with Gasteiger partial charge in [-0.3, -0.25) is 0 Å². The van der Waals surface area contributed by atoms with Crippen molar-refractivity contribution in [2.24, 2.45) is 0 Å². The zero-order chi connectivity index (χ0) is 29.1. The summed E-state index contributed by atoms with van der Waals surface area (Å²) in [6.07, 6.45) is 0. The Labute approximate surface area is 250 Å². The summed E-state index contributed by atoms with van der Waals surface area (Å²) in [5, 5.41) is 24.1. The van der Waals surface area contributed by atoms with Crippen LogP contribution in [0.4, 0.5) is 23.0 Å². The van der Waals surface area contributed by atoms with Crippen LogP contribution in [0.2, 0.25) is 5.02 Å². The number of methoxy groups -OCH3 is 1. The normalized spacial score (nSPS) is 10.3. The van der Waals surface area contributed by atoms with Gasteiger partial charge in [0.1, 0.15) is 5.75 Å². The Hall–Kier alpha value is -5.27. The minimum atomic E-state index is 0.680. The van der Waals surface area contributed by atoms with Gasteiger partial charge in [0.25, 0.3) is 0 Å². The molecule has 6 rings (SSSR count). The lowest BCUT2D eigenvalue weighted by Gasteiger charge is -2.09. The van der Waals surface area contributed by atoms with E-state index in [0.29, 0.717) is 10.8 Å². The van der Waals surface area contributed by atoms with Crippen LogP contribution in [0.15, 0.2) is 127 Å². The fourth-order valence-corrected chi connectivity index (χ4v) is 4.30. The van der Waals surface area contributed by atoms with Crippen molar-refractivity contribution < 1.29 is 4.74 Å². The molecule has 208 valence electrons. The molecule has 4 aromatic carbocycles. The molecule has 7 nitrogen and oxygen atoms in total. The molecule has 0 fully saturated rings. The first-order valence-electron chi connectivity index (χ1n) is 13.3. The van der Waals surface area contributed by atoms with Gasteiger partial charge in [0.15, 0.2) is 11.6 Å². The lowest BCUT2D eigenvalue weighted by molar-refractivity contribution is 0.417. The van der Waals surface area contributed by atoms with Crippen molar-refractivity contribution >= 4 is 34.6 Å². The molecule has 2 N–H and O–H groups in total. The summed E-state index contributed by atoms with van der Waals surface area (Å²) in [4.78, 5) is 0. The molecule has 0 radical (unpaired) electrons. The van der Waals surface area contributed by atoms with Gasteiger partial charge in [-0.25, -0.2) is 0 Å². The van der Waals surface area contributed by atoms with E-state index < -0.39 is 0 Å². The second-order valence-corrected chi connectivity index (χ2v) is 9.69. The number of nitrogens with one attached hydrogen (secondary N) is 2. The van der Waals surface area contributed by atoms with E-state index in [2.05, 4.69) is 31.0 Å². The first kappa shape index (κ1) is 28.3. The summed E-state index contributed by atoms with van der Waals surface area (Å²) in [5.74, 6) is 2.18. The smallest absolute Gasteiger partial charge is 0.156 e. The molecular weight excluding hydrogens is 544 g/mol. The molecule has 2 heterocycles. The summed E-state index contributed by atoms with van der Waals surface area (Å²) in [7, 11) is 1.64. The molecule has 0 unspecified atom stereocenters. The minimum Gasteiger partial charge on any atom is -0.495 e. The molecule has 42 heavy (non-hydrogen) atoms. The number of nitrogens with zero attached hydrogens (tertiary/aromatic N) is 4. The van der Waals surface area contributed by atoms with Gasteiger partial charge < -0.3 is 15.4 Å². The number of benzene rings is 4. The number of ether oxygens (including phenoxy) is 1. The molecule has 8 heteroatoms. The summed E-state index contributed by atoms with van der Waals surface area (Å²) >= 11 is 5.98. The van der Waals surface area contributed by atoms with Gasteiger partial charge in [-0.2, -0.15) is 0 Å². The molecule has 0 atom stereocenters. The third-order valence-electron chi connectivity index (χ3n) is 6.25. The van der Waals surface area contributed by atoms with Crippen molar-refractivity contribution in [3.8, 4) is 28.3 Å². The highest BCUT2D eigenvalue weighted by Crippen LogP contribution is 2.27. The summed E-state index contributed by atoms with van der Waals surface area (Å²) in [5.41, 5.74) is 6.61. The monoisotopic (exact) mass is 572 g/mol. The van der Waals surface area contributed by atoms with Crippen molar-refractivity contribution in [3.05, 3.63) is 138 Å². The SMILES string of the molecule is COc1ccccc1Nc1ccc(-c2ccccc2)nn1.Cc1cc(-c2ccccc2)nnc1Nc1cccc(Cl)c1. The van der Waals surface area contributed by atoms with Crippen LogP contribution in [0.25, 0.3) is 22.5 Å². The number of halogens is 1. The Morgan fingerprint density at radius 3 is 1.90 bits per heavy atom. The second kappa shape index (κ2) is 13.9.